The number of benzene rings is 2. The molecule has 2 aromatic carbocycles. The van der Waals surface area contributed by atoms with Crippen LogP contribution in [0.25, 0.3) is 11.8 Å². The average molecular weight is 352 g/mol. The molecular weight excluding hydrogens is 339 g/mol. The predicted octanol–water partition coefficient (Wildman–Crippen LogP) is 3.95. The minimum Gasteiger partial charge on any atom is -0.323 e. The van der Waals surface area contributed by atoms with Gasteiger partial charge in [0.2, 0.25) is 9.84 Å². The van der Waals surface area contributed by atoms with E-state index in [4.69, 9.17) is 0 Å². The first-order chi connectivity index (χ1) is 12.0. The lowest BCUT2D eigenvalue weighted by Gasteiger charge is -2.03. The van der Waals surface area contributed by atoms with Crippen molar-refractivity contribution in [3.63, 3.8) is 0 Å². The van der Waals surface area contributed by atoms with Crippen LogP contribution >= 0.6 is 0 Å². The summed E-state index contributed by atoms with van der Waals surface area (Å²) in [7, 11) is -3.87. The molecule has 0 aliphatic rings. The maximum absolute atomic E-state index is 13.0. The summed E-state index contributed by atoms with van der Waals surface area (Å²) >= 11 is 0. The highest BCUT2D eigenvalue weighted by Gasteiger charge is 2.20. The molecule has 0 unspecified atom stereocenters. The quantitative estimate of drug-likeness (QED) is 0.668. The summed E-state index contributed by atoms with van der Waals surface area (Å²) in [6.45, 7) is 0. The van der Waals surface area contributed by atoms with Crippen LogP contribution in [-0.4, -0.2) is 13.0 Å². The summed E-state index contributed by atoms with van der Waals surface area (Å²) in [5, 5.41) is 9.29. The zero-order valence-corrected chi connectivity index (χ0v) is 13.8. The third kappa shape index (κ3) is 3.52. The topological polar surface area (TPSA) is 62.9 Å². The first kappa shape index (κ1) is 16.7. The third-order valence-corrected chi connectivity index (χ3v) is 5.27. The van der Waals surface area contributed by atoms with E-state index in [1.807, 2.05) is 0 Å². The third-order valence-electron chi connectivity index (χ3n) is 3.59. The van der Waals surface area contributed by atoms with Crippen LogP contribution in [0.3, 0.4) is 0 Å². The number of aromatic nitrogens is 1. The van der Waals surface area contributed by atoms with Crippen LogP contribution in [0.2, 0.25) is 0 Å². The minimum atomic E-state index is -3.87. The lowest BCUT2D eigenvalue weighted by molar-refractivity contribution is 0.603. The fraction of sp³-hybridized carbons (Fsp3) is 0. The Balaban J connectivity index is 1.97. The fourth-order valence-corrected chi connectivity index (χ4v) is 3.50. The van der Waals surface area contributed by atoms with E-state index in [0.717, 1.165) is 5.69 Å². The molecular formula is C19H13FN2O2S. The van der Waals surface area contributed by atoms with Crippen molar-refractivity contribution in [1.82, 2.24) is 4.57 Å². The summed E-state index contributed by atoms with van der Waals surface area (Å²) in [5.74, 6) is -0.336. The van der Waals surface area contributed by atoms with Crippen molar-refractivity contribution in [2.45, 2.75) is 4.90 Å². The molecule has 0 bridgehead atoms. The van der Waals surface area contributed by atoms with E-state index in [9.17, 15) is 18.1 Å². The lowest BCUT2D eigenvalue weighted by Crippen LogP contribution is -2.03. The normalized spacial score (nSPS) is 11.9. The van der Waals surface area contributed by atoms with Gasteiger partial charge in [-0.25, -0.2) is 12.8 Å². The Morgan fingerprint density at radius 2 is 1.72 bits per heavy atom. The van der Waals surface area contributed by atoms with E-state index < -0.39 is 9.84 Å². The number of rotatable bonds is 4. The van der Waals surface area contributed by atoms with E-state index in [-0.39, 0.29) is 15.6 Å². The first-order valence-corrected chi connectivity index (χ1v) is 8.85. The molecule has 3 rings (SSSR count). The number of halogens is 1. The van der Waals surface area contributed by atoms with Gasteiger partial charge in [0.1, 0.15) is 16.8 Å². The van der Waals surface area contributed by atoms with Crippen molar-refractivity contribution in [1.29, 1.82) is 5.26 Å². The number of nitrogens with zero attached hydrogens (tertiary/aromatic N) is 2. The van der Waals surface area contributed by atoms with Crippen LogP contribution in [-0.2, 0) is 9.84 Å². The van der Waals surface area contributed by atoms with Gasteiger partial charge in [0.05, 0.1) is 4.90 Å². The van der Waals surface area contributed by atoms with Gasteiger partial charge >= 0.3 is 0 Å². The second kappa shape index (κ2) is 6.75. The van der Waals surface area contributed by atoms with Crippen LogP contribution in [0.4, 0.5) is 4.39 Å². The van der Waals surface area contributed by atoms with Gasteiger partial charge < -0.3 is 4.57 Å². The molecule has 0 spiro atoms. The summed E-state index contributed by atoms with van der Waals surface area (Å²) in [5.41, 5.74) is 1.28. The molecule has 0 aliphatic carbocycles. The maximum Gasteiger partial charge on any atom is 0.216 e. The van der Waals surface area contributed by atoms with Crippen LogP contribution in [0, 0.1) is 17.1 Å². The van der Waals surface area contributed by atoms with Crippen molar-refractivity contribution < 1.29 is 12.8 Å². The van der Waals surface area contributed by atoms with Gasteiger partial charge in [-0.1, -0.05) is 18.2 Å². The van der Waals surface area contributed by atoms with Gasteiger partial charge in [-0.05, 0) is 54.1 Å². The predicted molar refractivity (Wildman–Crippen MR) is 92.9 cm³/mol. The second-order valence-corrected chi connectivity index (χ2v) is 7.18. The molecule has 0 N–H and O–H groups in total. The largest absolute Gasteiger partial charge is 0.323 e. The molecule has 0 amide bonds. The molecule has 0 aliphatic heterocycles. The number of hydrogen-bond acceptors (Lipinski definition) is 3. The fourth-order valence-electron chi connectivity index (χ4n) is 2.32. The Morgan fingerprint density at radius 1 is 1.04 bits per heavy atom. The van der Waals surface area contributed by atoms with Gasteiger partial charge in [-0.15, -0.1) is 0 Å². The van der Waals surface area contributed by atoms with Crippen molar-refractivity contribution in [2.24, 2.45) is 0 Å². The van der Waals surface area contributed by atoms with Crippen molar-refractivity contribution in [3.05, 3.63) is 89.3 Å². The van der Waals surface area contributed by atoms with E-state index in [1.54, 1.807) is 59.4 Å². The molecule has 0 radical (unpaired) electrons. The Hall–Kier alpha value is -3.17. The van der Waals surface area contributed by atoms with Crippen molar-refractivity contribution >= 4 is 15.9 Å². The first-order valence-electron chi connectivity index (χ1n) is 7.36. The molecule has 1 aromatic heterocycles. The molecule has 6 heteroatoms. The zero-order valence-electron chi connectivity index (χ0n) is 13.0. The van der Waals surface area contributed by atoms with Crippen molar-refractivity contribution in [3.8, 4) is 11.8 Å². The standard InChI is InChI=1S/C19H13FN2O2S/c20-16-6-8-17(9-7-16)22-11-10-15(14-22)12-19(13-21)25(23,24)18-4-2-1-3-5-18/h1-12,14H/b19-12+. The smallest absolute Gasteiger partial charge is 0.216 e. The molecule has 0 saturated heterocycles. The Bertz CT molecular complexity index is 1060. The maximum atomic E-state index is 13.0. The highest BCUT2D eigenvalue weighted by Crippen LogP contribution is 2.21. The molecule has 3 aromatic rings. The van der Waals surface area contributed by atoms with Gasteiger partial charge in [0, 0.05) is 18.1 Å². The van der Waals surface area contributed by atoms with E-state index in [1.165, 1.54) is 30.3 Å². The van der Waals surface area contributed by atoms with Crippen LogP contribution in [0.5, 0.6) is 0 Å². The van der Waals surface area contributed by atoms with E-state index in [2.05, 4.69) is 0 Å². The number of hydrogen-bond donors (Lipinski definition) is 0. The Labute approximate surface area is 145 Å². The van der Waals surface area contributed by atoms with Crippen LogP contribution < -0.4 is 0 Å². The number of sulfone groups is 1. The molecule has 1 heterocycles. The number of nitriles is 1. The molecule has 0 atom stereocenters. The van der Waals surface area contributed by atoms with Gasteiger partial charge in [0.25, 0.3) is 0 Å². The van der Waals surface area contributed by atoms with E-state index >= 15 is 0 Å². The zero-order chi connectivity index (χ0) is 17.9. The summed E-state index contributed by atoms with van der Waals surface area (Å²) < 4.78 is 39.8. The summed E-state index contributed by atoms with van der Waals surface area (Å²) in [6, 6.07) is 17.1. The molecule has 4 nitrogen and oxygen atoms in total. The summed E-state index contributed by atoms with van der Waals surface area (Å²) in [6.07, 6.45) is 4.71. The summed E-state index contributed by atoms with van der Waals surface area (Å²) in [4.78, 5) is -0.267. The second-order valence-electron chi connectivity index (χ2n) is 5.27. The SMILES string of the molecule is N#C/C(=C\c1ccn(-c2ccc(F)cc2)c1)S(=O)(=O)c1ccccc1. The Kier molecular flexibility index (Phi) is 4.50. The van der Waals surface area contributed by atoms with Gasteiger partial charge in [-0.2, -0.15) is 5.26 Å². The van der Waals surface area contributed by atoms with Gasteiger partial charge in [0.15, 0.2) is 0 Å². The monoisotopic (exact) mass is 352 g/mol. The average Bonchev–Trinajstić information content (AvgIpc) is 3.09. The van der Waals surface area contributed by atoms with Gasteiger partial charge in [-0.3, -0.25) is 0 Å². The molecule has 0 saturated carbocycles. The molecule has 0 fully saturated rings. The van der Waals surface area contributed by atoms with E-state index in [0.29, 0.717) is 5.56 Å². The highest BCUT2D eigenvalue weighted by molar-refractivity contribution is 7.95. The number of allylic oxidation sites excluding steroid dienone is 1. The molecule has 124 valence electrons. The molecule has 25 heavy (non-hydrogen) atoms. The Morgan fingerprint density at radius 3 is 2.36 bits per heavy atom. The minimum absolute atomic E-state index is 0.0702. The lowest BCUT2D eigenvalue weighted by atomic mass is 10.3. The van der Waals surface area contributed by atoms with Crippen LogP contribution in [0.1, 0.15) is 5.56 Å². The highest BCUT2D eigenvalue weighted by atomic mass is 32.2. The van der Waals surface area contributed by atoms with Crippen molar-refractivity contribution in [2.75, 3.05) is 0 Å². The van der Waals surface area contributed by atoms with Crippen LogP contribution in [0.15, 0.2) is 82.9 Å².